The molecule has 3 aromatic rings. The Hall–Kier alpha value is -2.88. The Labute approximate surface area is 230 Å². The van der Waals surface area contributed by atoms with Gasteiger partial charge in [-0.15, -0.1) is 0 Å². The average molecular weight is 514 g/mol. The third kappa shape index (κ3) is 8.31. The molecule has 0 fully saturated rings. The number of nitrogens with one attached hydrogen (secondary N) is 1. The van der Waals surface area contributed by atoms with Gasteiger partial charge in [0.2, 0.25) is 5.91 Å². The highest BCUT2D eigenvalue weighted by Crippen LogP contribution is 2.38. The van der Waals surface area contributed by atoms with Crippen LogP contribution in [0.5, 0.6) is 0 Å². The van der Waals surface area contributed by atoms with Crippen LogP contribution < -0.4 is 10.2 Å². The second kappa shape index (κ2) is 15.5. The quantitative estimate of drug-likeness (QED) is 0.183. The van der Waals surface area contributed by atoms with Crippen molar-refractivity contribution in [2.75, 3.05) is 16.8 Å². The molecule has 0 spiro atoms. The Balaban J connectivity index is 1.22. The molecule has 204 valence electrons. The number of carbonyl (C=O) groups is 1. The van der Waals surface area contributed by atoms with Crippen LogP contribution in [0.4, 0.5) is 11.5 Å². The molecule has 1 N–H and O–H groups in total. The minimum absolute atomic E-state index is 0.133. The summed E-state index contributed by atoms with van der Waals surface area (Å²) in [6.07, 6.45) is 18.6. The molecule has 0 aliphatic carbocycles. The smallest absolute Gasteiger partial charge is 0.224 e. The molecule has 0 radical (unpaired) electrons. The van der Waals surface area contributed by atoms with E-state index in [4.69, 9.17) is 4.98 Å². The lowest BCUT2D eigenvalue weighted by atomic mass is 10.0. The Kier molecular flexibility index (Phi) is 11.5. The van der Waals surface area contributed by atoms with Crippen LogP contribution in [-0.2, 0) is 17.8 Å². The molecule has 38 heavy (non-hydrogen) atoms. The number of rotatable bonds is 17. The van der Waals surface area contributed by atoms with Crippen molar-refractivity contribution in [3.05, 3.63) is 65.7 Å². The van der Waals surface area contributed by atoms with Gasteiger partial charge in [0.05, 0.1) is 11.2 Å². The number of unbranched alkanes of at least 4 members (excludes halogenated alkanes) is 12. The lowest BCUT2D eigenvalue weighted by molar-refractivity contribution is -0.116. The lowest BCUT2D eigenvalue weighted by Crippen LogP contribution is -2.20. The Morgan fingerprint density at radius 1 is 0.789 bits per heavy atom. The Morgan fingerprint density at radius 3 is 2.08 bits per heavy atom. The van der Waals surface area contributed by atoms with E-state index < -0.39 is 0 Å². The first kappa shape index (κ1) is 28.1. The van der Waals surface area contributed by atoms with E-state index in [-0.39, 0.29) is 5.91 Å². The molecule has 0 unspecified atom stereocenters. The molecule has 4 nitrogen and oxygen atoms in total. The van der Waals surface area contributed by atoms with Crippen molar-refractivity contribution in [2.24, 2.45) is 0 Å². The van der Waals surface area contributed by atoms with Gasteiger partial charge < -0.3 is 10.2 Å². The number of pyridine rings is 1. The van der Waals surface area contributed by atoms with Gasteiger partial charge in [-0.25, -0.2) is 4.98 Å². The summed E-state index contributed by atoms with van der Waals surface area (Å²) in [5.74, 6) is 1.15. The van der Waals surface area contributed by atoms with Gasteiger partial charge in [0, 0.05) is 30.5 Å². The maximum Gasteiger partial charge on any atom is 0.224 e. The van der Waals surface area contributed by atoms with Crippen molar-refractivity contribution >= 4 is 28.3 Å². The number of amides is 1. The first-order valence-electron chi connectivity index (χ1n) is 15.3. The van der Waals surface area contributed by atoms with Crippen LogP contribution in [0.3, 0.4) is 0 Å². The van der Waals surface area contributed by atoms with Gasteiger partial charge in [0.25, 0.3) is 0 Å². The fourth-order valence-electron chi connectivity index (χ4n) is 5.70. The summed E-state index contributed by atoms with van der Waals surface area (Å²) in [6.45, 7) is 4.04. The molecule has 0 bridgehead atoms. The molecule has 4 rings (SSSR count). The number of para-hydroxylation sites is 1. The van der Waals surface area contributed by atoms with E-state index in [0.717, 1.165) is 54.8 Å². The number of fused-ring (bicyclic) bond motifs is 2. The van der Waals surface area contributed by atoms with Gasteiger partial charge in [-0.1, -0.05) is 133 Å². The number of nitrogens with zero attached hydrogens (tertiary/aromatic N) is 2. The molecule has 1 amide bonds. The zero-order chi connectivity index (χ0) is 26.4. The largest absolute Gasteiger partial charge is 0.352 e. The topological polar surface area (TPSA) is 45.2 Å². The summed E-state index contributed by atoms with van der Waals surface area (Å²) in [5, 5.41) is 4.36. The molecular weight excluding hydrogens is 466 g/mol. The minimum atomic E-state index is 0.133. The molecule has 0 saturated carbocycles. The molecule has 0 atom stereocenters. The lowest BCUT2D eigenvalue weighted by Gasteiger charge is -2.20. The fourth-order valence-corrected chi connectivity index (χ4v) is 5.70. The summed E-state index contributed by atoms with van der Waals surface area (Å²) < 4.78 is 0. The summed E-state index contributed by atoms with van der Waals surface area (Å²) in [7, 11) is 0. The average Bonchev–Trinajstić information content (AvgIpc) is 3.34. The van der Waals surface area contributed by atoms with Gasteiger partial charge in [0.1, 0.15) is 5.82 Å². The van der Waals surface area contributed by atoms with Crippen molar-refractivity contribution in [3.63, 3.8) is 0 Å². The Bertz CT molecular complexity index is 1130. The van der Waals surface area contributed by atoms with E-state index in [1.807, 2.05) is 12.1 Å². The van der Waals surface area contributed by atoms with E-state index in [0.29, 0.717) is 6.42 Å². The van der Waals surface area contributed by atoms with Crippen molar-refractivity contribution in [1.82, 2.24) is 4.98 Å². The third-order valence-electron chi connectivity index (χ3n) is 7.89. The standard InChI is InChI=1S/C34H47N3O/c1-2-3-4-5-6-7-8-9-10-11-12-13-17-24-32(38)36-33-29-22-18-19-23-31(29)35-34-30(33)25-26-37(34)27-28-20-15-14-16-21-28/h14-16,18-23H,2-13,17,24-27H2,1H3,(H,35,36,38). The van der Waals surface area contributed by atoms with Crippen molar-refractivity contribution < 1.29 is 4.79 Å². The second-order valence-electron chi connectivity index (χ2n) is 11.0. The summed E-state index contributed by atoms with van der Waals surface area (Å²) in [5.41, 5.74) is 4.38. The predicted molar refractivity (Wildman–Crippen MR) is 162 cm³/mol. The Morgan fingerprint density at radius 2 is 1.39 bits per heavy atom. The number of benzene rings is 2. The highest BCUT2D eigenvalue weighted by molar-refractivity contribution is 6.04. The normalized spacial score (nSPS) is 12.7. The molecule has 2 heterocycles. The van der Waals surface area contributed by atoms with Crippen molar-refractivity contribution in [3.8, 4) is 0 Å². The molecule has 1 aliphatic heterocycles. The van der Waals surface area contributed by atoms with Crippen LogP contribution in [-0.4, -0.2) is 17.4 Å². The number of hydrogen-bond acceptors (Lipinski definition) is 3. The minimum Gasteiger partial charge on any atom is -0.352 e. The predicted octanol–water partition coefficient (Wildman–Crippen LogP) is 9.22. The van der Waals surface area contributed by atoms with E-state index in [1.54, 1.807) is 0 Å². The number of aromatic nitrogens is 1. The molecule has 4 heteroatoms. The fraction of sp³-hybridized carbons (Fsp3) is 0.529. The van der Waals surface area contributed by atoms with Gasteiger partial charge in [-0.2, -0.15) is 0 Å². The van der Waals surface area contributed by atoms with Crippen LogP contribution in [0, 0.1) is 0 Å². The second-order valence-corrected chi connectivity index (χ2v) is 11.0. The van der Waals surface area contributed by atoms with Crippen LogP contribution in [0.25, 0.3) is 10.9 Å². The zero-order valence-electron chi connectivity index (χ0n) is 23.5. The third-order valence-corrected chi connectivity index (χ3v) is 7.89. The summed E-state index contributed by atoms with van der Waals surface area (Å²) in [4.78, 5) is 20.3. The molecule has 0 saturated heterocycles. The molecule has 1 aliphatic rings. The first-order chi connectivity index (χ1) is 18.8. The van der Waals surface area contributed by atoms with Crippen LogP contribution in [0.2, 0.25) is 0 Å². The van der Waals surface area contributed by atoms with Gasteiger partial charge in [0.15, 0.2) is 0 Å². The van der Waals surface area contributed by atoms with Crippen LogP contribution in [0.1, 0.15) is 108 Å². The number of carbonyl (C=O) groups excluding carboxylic acids is 1. The van der Waals surface area contributed by atoms with Crippen molar-refractivity contribution in [2.45, 2.75) is 110 Å². The number of anilines is 2. The van der Waals surface area contributed by atoms with Crippen LogP contribution >= 0.6 is 0 Å². The maximum atomic E-state index is 13.0. The van der Waals surface area contributed by atoms with E-state index >= 15 is 0 Å². The highest BCUT2D eigenvalue weighted by Gasteiger charge is 2.26. The van der Waals surface area contributed by atoms with Crippen molar-refractivity contribution in [1.29, 1.82) is 0 Å². The first-order valence-corrected chi connectivity index (χ1v) is 15.3. The van der Waals surface area contributed by atoms with E-state index in [9.17, 15) is 4.79 Å². The maximum absolute atomic E-state index is 13.0. The van der Waals surface area contributed by atoms with E-state index in [1.165, 1.54) is 81.8 Å². The summed E-state index contributed by atoms with van der Waals surface area (Å²) >= 11 is 0. The summed E-state index contributed by atoms with van der Waals surface area (Å²) in [6, 6.07) is 18.8. The van der Waals surface area contributed by atoms with E-state index in [2.05, 4.69) is 59.6 Å². The molecule has 1 aromatic heterocycles. The molecule has 2 aromatic carbocycles. The monoisotopic (exact) mass is 513 g/mol. The zero-order valence-corrected chi connectivity index (χ0v) is 23.5. The van der Waals surface area contributed by atoms with Gasteiger partial charge in [-0.05, 0) is 24.5 Å². The highest BCUT2D eigenvalue weighted by atomic mass is 16.1. The van der Waals surface area contributed by atoms with Gasteiger partial charge in [-0.3, -0.25) is 4.79 Å². The number of hydrogen-bond donors (Lipinski definition) is 1. The molecular formula is C34H47N3O. The van der Waals surface area contributed by atoms with Gasteiger partial charge >= 0.3 is 0 Å². The van der Waals surface area contributed by atoms with Crippen LogP contribution in [0.15, 0.2) is 54.6 Å². The SMILES string of the molecule is CCCCCCCCCCCCCCCC(=O)Nc1c2c(nc3ccccc13)N(Cc1ccccc1)CC2.